The van der Waals surface area contributed by atoms with Gasteiger partial charge in [-0.05, 0) is 13.0 Å². The van der Waals surface area contributed by atoms with Crippen molar-refractivity contribution in [2.45, 2.75) is 51.0 Å². The lowest BCUT2D eigenvalue weighted by atomic mass is 10.1. The average molecular weight is 335 g/mol. The van der Waals surface area contributed by atoms with Gasteiger partial charge in [-0.3, -0.25) is 0 Å². The molecule has 10 heteroatoms. The number of aryl methyl sites for hydroxylation is 1. The lowest BCUT2D eigenvalue weighted by Gasteiger charge is -2.20. The van der Waals surface area contributed by atoms with E-state index in [0.717, 1.165) is 0 Å². The van der Waals surface area contributed by atoms with E-state index in [1.165, 1.54) is 0 Å². The molecule has 0 aliphatic rings. The van der Waals surface area contributed by atoms with Crippen LogP contribution in [0, 0.1) is 0 Å². The van der Waals surface area contributed by atoms with Crippen LogP contribution in [-0.4, -0.2) is 35.1 Å². The fraction of sp³-hybridized carbons (Fsp3) is 0.818. The molecule has 0 fully saturated rings. The SMILES string of the molecule is CC(C)NCCCc1nnc(C(C(F)(F)F)C(F)(F)F)s1. The molecule has 1 heterocycles. The summed E-state index contributed by atoms with van der Waals surface area (Å²) in [5, 5.41) is 8.70. The maximum atomic E-state index is 12.5. The molecule has 0 aromatic carbocycles. The van der Waals surface area contributed by atoms with Gasteiger partial charge in [0.25, 0.3) is 0 Å². The molecule has 0 radical (unpaired) electrons. The van der Waals surface area contributed by atoms with Crippen molar-refractivity contribution in [3.8, 4) is 0 Å². The Hall–Kier alpha value is -0.900. The van der Waals surface area contributed by atoms with Crippen molar-refractivity contribution in [1.29, 1.82) is 0 Å². The molecule has 0 saturated heterocycles. The van der Waals surface area contributed by atoms with E-state index in [9.17, 15) is 26.3 Å². The minimum Gasteiger partial charge on any atom is -0.315 e. The Morgan fingerprint density at radius 2 is 1.62 bits per heavy atom. The van der Waals surface area contributed by atoms with Gasteiger partial charge in [-0.15, -0.1) is 21.5 Å². The van der Waals surface area contributed by atoms with Gasteiger partial charge in [0.05, 0.1) is 0 Å². The molecular formula is C11H15F6N3S. The first-order chi connectivity index (χ1) is 9.51. The number of halogens is 6. The van der Waals surface area contributed by atoms with Crippen LogP contribution in [0.2, 0.25) is 0 Å². The summed E-state index contributed by atoms with van der Waals surface area (Å²) < 4.78 is 75.1. The van der Waals surface area contributed by atoms with E-state index in [4.69, 9.17) is 0 Å². The number of nitrogens with zero attached hydrogens (tertiary/aromatic N) is 2. The molecule has 0 spiro atoms. The van der Waals surface area contributed by atoms with Crippen LogP contribution >= 0.6 is 11.3 Å². The average Bonchev–Trinajstić information content (AvgIpc) is 2.68. The van der Waals surface area contributed by atoms with E-state index < -0.39 is 23.3 Å². The van der Waals surface area contributed by atoms with Gasteiger partial charge in [0.2, 0.25) is 5.92 Å². The van der Waals surface area contributed by atoms with Gasteiger partial charge in [-0.2, -0.15) is 26.3 Å². The first-order valence-electron chi connectivity index (χ1n) is 6.21. The summed E-state index contributed by atoms with van der Waals surface area (Å²) in [4.78, 5) is 0. The first kappa shape index (κ1) is 18.1. The van der Waals surface area contributed by atoms with Crippen molar-refractivity contribution < 1.29 is 26.3 Å². The molecule has 1 aromatic rings. The van der Waals surface area contributed by atoms with Crippen LogP contribution in [-0.2, 0) is 6.42 Å². The van der Waals surface area contributed by atoms with E-state index in [1.807, 2.05) is 13.8 Å². The molecule has 21 heavy (non-hydrogen) atoms. The van der Waals surface area contributed by atoms with E-state index in [2.05, 4.69) is 15.5 Å². The Morgan fingerprint density at radius 1 is 1.05 bits per heavy atom. The molecule has 3 nitrogen and oxygen atoms in total. The lowest BCUT2D eigenvalue weighted by Crippen LogP contribution is -2.34. The maximum absolute atomic E-state index is 12.5. The largest absolute Gasteiger partial charge is 0.406 e. The van der Waals surface area contributed by atoms with Gasteiger partial charge in [0.1, 0.15) is 10.0 Å². The minimum atomic E-state index is -5.42. The van der Waals surface area contributed by atoms with Gasteiger partial charge >= 0.3 is 12.4 Å². The fourth-order valence-electron chi connectivity index (χ4n) is 1.58. The maximum Gasteiger partial charge on any atom is 0.406 e. The quantitative estimate of drug-likeness (QED) is 0.637. The predicted molar refractivity (Wildman–Crippen MR) is 66.2 cm³/mol. The molecule has 1 rings (SSSR count). The molecule has 0 unspecified atom stereocenters. The topological polar surface area (TPSA) is 37.8 Å². The smallest absolute Gasteiger partial charge is 0.315 e. The number of rotatable bonds is 6. The summed E-state index contributed by atoms with van der Waals surface area (Å²) >= 11 is 0.364. The summed E-state index contributed by atoms with van der Waals surface area (Å²) in [6.45, 7) is 4.47. The Morgan fingerprint density at radius 3 is 2.10 bits per heavy atom. The Balaban J connectivity index is 2.72. The van der Waals surface area contributed by atoms with Crippen molar-refractivity contribution >= 4 is 11.3 Å². The number of hydrogen-bond donors (Lipinski definition) is 1. The van der Waals surface area contributed by atoms with E-state index >= 15 is 0 Å². The number of alkyl halides is 6. The predicted octanol–water partition coefficient (Wildman–Crippen LogP) is 3.68. The third kappa shape index (κ3) is 5.77. The number of aromatic nitrogens is 2. The molecule has 0 bridgehead atoms. The first-order valence-corrected chi connectivity index (χ1v) is 7.02. The molecule has 0 atom stereocenters. The van der Waals surface area contributed by atoms with Crippen molar-refractivity contribution in [2.24, 2.45) is 0 Å². The van der Waals surface area contributed by atoms with Crippen molar-refractivity contribution in [2.75, 3.05) is 6.54 Å². The fourth-order valence-corrected chi connectivity index (χ4v) is 2.62. The van der Waals surface area contributed by atoms with Gasteiger partial charge < -0.3 is 5.32 Å². The van der Waals surface area contributed by atoms with Gasteiger partial charge in [0, 0.05) is 12.5 Å². The highest BCUT2D eigenvalue weighted by molar-refractivity contribution is 7.11. The highest BCUT2D eigenvalue weighted by Gasteiger charge is 2.59. The zero-order chi connectivity index (χ0) is 16.3. The molecule has 1 N–H and O–H groups in total. The van der Waals surface area contributed by atoms with Crippen LogP contribution in [0.5, 0.6) is 0 Å². The highest BCUT2D eigenvalue weighted by atomic mass is 32.1. The molecular weight excluding hydrogens is 320 g/mol. The van der Waals surface area contributed by atoms with Crippen LogP contribution in [0.25, 0.3) is 0 Å². The lowest BCUT2D eigenvalue weighted by molar-refractivity contribution is -0.253. The Kier molecular flexibility index (Phi) is 5.97. The van der Waals surface area contributed by atoms with Gasteiger partial charge in [-0.1, -0.05) is 13.8 Å². The Bertz CT molecular complexity index is 426. The molecule has 0 aliphatic heterocycles. The minimum absolute atomic E-state index is 0.175. The summed E-state index contributed by atoms with van der Waals surface area (Å²) in [5.41, 5.74) is 0. The van der Waals surface area contributed by atoms with Crippen molar-refractivity contribution in [3.05, 3.63) is 10.0 Å². The molecule has 0 aliphatic carbocycles. The standard InChI is InChI=1S/C11H15F6N3S/c1-6(2)18-5-3-4-7-19-20-9(21-7)8(10(12,13)14)11(15,16)17/h6,8,18H,3-5H2,1-2H3. The third-order valence-electron chi connectivity index (χ3n) is 2.50. The summed E-state index contributed by atoms with van der Waals surface area (Å²) in [7, 11) is 0. The number of hydrogen-bond acceptors (Lipinski definition) is 4. The molecule has 0 amide bonds. The van der Waals surface area contributed by atoms with Crippen LogP contribution in [0.1, 0.15) is 36.2 Å². The van der Waals surface area contributed by atoms with Crippen molar-refractivity contribution in [3.63, 3.8) is 0 Å². The van der Waals surface area contributed by atoms with Crippen molar-refractivity contribution in [1.82, 2.24) is 15.5 Å². The molecule has 122 valence electrons. The Labute approximate surface area is 121 Å². The van der Waals surface area contributed by atoms with Crippen LogP contribution in [0.3, 0.4) is 0 Å². The van der Waals surface area contributed by atoms with Crippen LogP contribution in [0.15, 0.2) is 0 Å². The summed E-state index contributed by atoms with van der Waals surface area (Å²) in [6, 6.07) is 0.259. The van der Waals surface area contributed by atoms with E-state index in [-0.39, 0.29) is 11.0 Å². The second-order valence-electron chi connectivity index (χ2n) is 4.76. The zero-order valence-electron chi connectivity index (χ0n) is 11.3. The van der Waals surface area contributed by atoms with Gasteiger partial charge in [-0.25, -0.2) is 0 Å². The second kappa shape index (κ2) is 6.91. The normalized spacial score (nSPS) is 13.4. The van der Waals surface area contributed by atoms with Crippen LogP contribution in [0.4, 0.5) is 26.3 Å². The zero-order valence-corrected chi connectivity index (χ0v) is 12.2. The van der Waals surface area contributed by atoms with Crippen LogP contribution < -0.4 is 5.32 Å². The number of nitrogens with one attached hydrogen (secondary N) is 1. The second-order valence-corrected chi connectivity index (χ2v) is 5.86. The van der Waals surface area contributed by atoms with Gasteiger partial charge in [0.15, 0.2) is 0 Å². The third-order valence-corrected chi connectivity index (χ3v) is 3.55. The highest BCUT2D eigenvalue weighted by Crippen LogP contribution is 2.46. The monoisotopic (exact) mass is 335 g/mol. The summed E-state index contributed by atoms with van der Waals surface area (Å²) in [6.07, 6.45) is -9.99. The summed E-state index contributed by atoms with van der Waals surface area (Å²) in [5.74, 6) is -3.56. The van der Waals surface area contributed by atoms with E-state index in [0.29, 0.717) is 30.7 Å². The van der Waals surface area contributed by atoms with E-state index in [1.54, 1.807) is 0 Å². The molecule has 0 saturated carbocycles. The molecule has 1 aromatic heterocycles.